The minimum Gasteiger partial charge on any atom is -0.490 e. The second-order valence-electron chi connectivity index (χ2n) is 14.2. The van der Waals surface area contributed by atoms with E-state index in [2.05, 4.69) is 84.9 Å². The normalized spacial score (nSPS) is 11.4. The van der Waals surface area contributed by atoms with Gasteiger partial charge in [-0.05, 0) is 108 Å². The molecular formula is C46H66O5S5. The molecule has 0 amide bonds. The average molecular weight is 859 g/mol. The van der Waals surface area contributed by atoms with Crippen molar-refractivity contribution in [1.82, 2.24) is 0 Å². The van der Waals surface area contributed by atoms with Crippen LogP contribution < -0.4 is 4.74 Å². The molecule has 0 atom stereocenters. The maximum atomic E-state index is 5.78. The largest absolute Gasteiger partial charge is 0.490 e. The Hall–Kier alpha value is -1.86. The van der Waals surface area contributed by atoms with Crippen LogP contribution in [0.5, 0.6) is 5.75 Å². The molecule has 5 rings (SSSR count). The summed E-state index contributed by atoms with van der Waals surface area (Å²) in [7, 11) is 1.66. The topological polar surface area (TPSA) is 46.2 Å². The molecule has 0 saturated carbocycles. The van der Waals surface area contributed by atoms with E-state index in [0.29, 0.717) is 52.9 Å². The van der Waals surface area contributed by atoms with Crippen LogP contribution in [-0.2, 0) is 31.8 Å². The summed E-state index contributed by atoms with van der Waals surface area (Å²) >= 11 is 9.66. The maximum Gasteiger partial charge on any atom is 0.136 e. The van der Waals surface area contributed by atoms with E-state index in [-0.39, 0.29) is 0 Å². The van der Waals surface area contributed by atoms with Gasteiger partial charge in [0, 0.05) is 61.4 Å². The smallest absolute Gasteiger partial charge is 0.136 e. The van der Waals surface area contributed by atoms with Crippen LogP contribution in [0, 0.1) is 34.6 Å². The summed E-state index contributed by atoms with van der Waals surface area (Å²) in [5.41, 5.74) is 4.35. The van der Waals surface area contributed by atoms with E-state index < -0.39 is 0 Å². The number of aryl methyl sites for hydroxylation is 6. The number of thiophene rings is 5. The van der Waals surface area contributed by atoms with Gasteiger partial charge in [-0.15, -0.1) is 56.7 Å². The second kappa shape index (κ2) is 26.3. The highest BCUT2D eigenvalue weighted by Crippen LogP contribution is 2.45. The molecule has 5 aromatic rings. The lowest BCUT2D eigenvalue weighted by molar-refractivity contribution is 0.000136. The van der Waals surface area contributed by atoms with Crippen LogP contribution in [0.25, 0.3) is 29.3 Å². The molecule has 0 fully saturated rings. The van der Waals surface area contributed by atoms with Crippen molar-refractivity contribution in [2.45, 2.75) is 113 Å². The summed E-state index contributed by atoms with van der Waals surface area (Å²) in [5, 5.41) is 0. The van der Waals surface area contributed by atoms with Crippen LogP contribution in [0.2, 0.25) is 0 Å². The van der Waals surface area contributed by atoms with Gasteiger partial charge in [-0.1, -0.05) is 52.4 Å². The fraction of sp³-hybridized carbons (Fsp3) is 0.565. The van der Waals surface area contributed by atoms with Crippen molar-refractivity contribution in [2.24, 2.45) is 0 Å². The van der Waals surface area contributed by atoms with E-state index >= 15 is 0 Å². The van der Waals surface area contributed by atoms with Crippen molar-refractivity contribution in [3.63, 3.8) is 0 Å². The highest BCUT2D eigenvalue weighted by atomic mass is 32.1. The fourth-order valence-electron chi connectivity index (χ4n) is 6.46. The van der Waals surface area contributed by atoms with Gasteiger partial charge in [0.05, 0.1) is 46.2 Å². The number of ether oxygens (including phenoxy) is 5. The maximum absolute atomic E-state index is 5.78. The van der Waals surface area contributed by atoms with Crippen molar-refractivity contribution < 1.29 is 23.7 Å². The molecule has 10 heteroatoms. The molecule has 0 radical (unpaired) electrons. The Morgan fingerprint density at radius 1 is 0.464 bits per heavy atom. The van der Waals surface area contributed by atoms with Crippen molar-refractivity contribution in [2.75, 3.05) is 60.0 Å². The summed E-state index contributed by atoms with van der Waals surface area (Å²) in [6.07, 6.45) is 13.1. The molecular weight excluding hydrogens is 793 g/mol. The zero-order chi connectivity index (χ0) is 40.1. The number of methoxy groups -OCH3 is 1. The molecule has 0 bridgehead atoms. The molecule has 5 nitrogen and oxygen atoms in total. The van der Waals surface area contributed by atoms with Gasteiger partial charge in [0.25, 0.3) is 0 Å². The third-order valence-corrected chi connectivity index (χ3v) is 15.5. The average Bonchev–Trinajstić information content (AvgIpc) is 4.03. The number of rotatable bonds is 26. The first-order chi connectivity index (χ1) is 27.2. The fourth-order valence-corrected chi connectivity index (χ4v) is 12.0. The Labute approximate surface area is 358 Å². The Morgan fingerprint density at radius 3 is 1.34 bits per heavy atom. The molecule has 310 valence electrons. The zero-order valence-corrected chi connectivity index (χ0v) is 39.4. The number of unbranched alkanes of at least 4 members (excludes halogenated alkanes) is 6. The van der Waals surface area contributed by atoms with E-state index in [1.807, 2.05) is 45.3 Å². The molecule has 5 aromatic heterocycles. The predicted octanol–water partition coefficient (Wildman–Crippen LogP) is 14.5. The first-order valence-electron chi connectivity index (χ1n) is 20.6. The molecule has 0 unspecified atom stereocenters. The molecule has 0 aromatic carbocycles. The van der Waals surface area contributed by atoms with Crippen LogP contribution in [-0.4, -0.2) is 60.0 Å². The van der Waals surface area contributed by atoms with Crippen LogP contribution in [0.15, 0.2) is 36.4 Å². The van der Waals surface area contributed by atoms with Gasteiger partial charge in [-0.3, -0.25) is 0 Å². The highest BCUT2D eigenvalue weighted by Gasteiger charge is 2.16. The molecule has 0 aliphatic rings. The van der Waals surface area contributed by atoms with Crippen molar-refractivity contribution in [1.29, 1.82) is 0 Å². The Morgan fingerprint density at radius 2 is 0.911 bits per heavy atom. The summed E-state index contributed by atoms with van der Waals surface area (Å²) in [6, 6.07) is 14.3. The lowest BCUT2D eigenvalue weighted by atomic mass is 10.1. The molecule has 56 heavy (non-hydrogen) atoms. The second-order valence-corrected chi connectivity index (χ2v) is 20.3. The summed E-state index contributed by atoms with van der Waals surface area (Å²) in [6.45, 7) is 20.1. The first kappa shape index (κ1) is 46.8. The standard InChI is InChI=1S/C30H38S4.C16H28O5S/c1-5-7-9-11-13-23-19-21(3)31-29(23)27-17-15-25(33-27)26-16-18-28(34-26)30-24(20-22(4)32-30)14-12-10-8-6-2;1-13-14(2)22-15(3)16(13)21-12-11-20-10-9-19-8-7-18-6-5-17-4/h15-20H,5-14H2,1-4H3;5-12H2,1-4H3. The van der Waals surface area contributed by atoms with Gasteiger partial charge in [-0.25, -0.2) is 0 Å². The lowest BCUT2D eigenvalue weighted by Crippen LogP contribution is -2.13. The minimum atomic E-state index is 0.567. The van der Waals surface area contributed by atoms with Gasteiger partial charge in [0.1, 0.15) is 12.4 Å². The third-order valence-electron chi connectivity index (χ3n) is 9.51. The molecule has 5 heterocycles. The number of hydrogen-bond donors (Lipinski definition) is 0. The van der Waals surface area contributed by atoms with Gasteiger partial charge in [0.2, 0.25) is 0 Å². The van der Waals surface area contributed by atoms with Crippen LogP contribution in [0.3, 0.4) is 0 Å². The Bertz CT molecular complexity index is 1710. The molecule has 0 aliphatic carbocycles. The van der Waals surface area contributed by atoms with Gasteiger partial charge in [-0.2, -0.15) is 0 Å². The van der Waals surface area contributed by atoms with E-state index in [1.165, 1.54) is 119 Å². The molecule has 0 aliphatic heterocycles. The zero-order valence-electron chi connectivity index (χ0n) is 35.3. The Kier molecular flexibility index (Phi) is 22.0. The van der Waals surface area contributed by atoms with Gasteiger partial charge < -0.3 is 23.7 Å². The SMILES string of the molecule is CCCCCCc1cc(C)sc1-c1ccc(-c2ccc(-c3sc(C)cc3CCCCCC)s2)s1.COCCOCCOCCOCCOc1c(C)sc(C)c1C. The minimum absolute atomic E-state index is 0.567. The third kappa shape index (κ3) is 15.4. The molecule has 0 spiro atoms. The summed E-state index contributed by atoms with van der Waals surface area (Å²) in [4.78, 5) is 14.1. The molecule has 0 N–H and O–H groups in total. The van der Waals surface area contributed by atoms with E-state index in [1.54, 1.807) is 29.6 Å². The quantitative estimate of drug-likeness (QED) is 0.0519. The van der Waals surface area contributed by atoms with Gasteiger partial charge in [0.15, 0.2) is 0 Å². The highest BCUT2D eigenvalue weighted by molar-refractivity contribution is 7.28. The van der Waals surface area contributed by atoms with E-state index in [9.17, 15) is 0 Å². The van der Waals surface area contributed by atoms with E-state index in [4.69, 9.17) is 23.7 Å². The van der Waals surface area contributed by atoms with Crippen molar-refractivity contribution >= 4 is 56.7 Å². The van der Waals surface area contributed by atoms with Gasteiger partial charge >= 0.3 is 0 Å². The number of hydrogen-bond acceptors (Lipinski definition) is 10. The van der Waals surface area contributed by atoms with Crippen molar-refractivity contribution in [3.05, 3.63) is 72.6 Å². The summed E-state index contributed by atoms with van der Waals surface area (Å²) in [5.74, 6) is 1.01. The van der Waals surface area contributed by atoms with Crippen LogP contribution in [0.4, 0.5) is 0 Å². The van der Waals surface area contributed by atoms with E-state index in [0.717, 1.165) is 5.75 Å². The van der Waals surface area contributed by atoms with Crippen LogP contribution in [0.1, 0.15) is 101 Å². The monoisotopic (exact) mass is 858 g/mol. The molecule has 0 saturated heterocycles. The van der Waals surface area contributed by atoms with Crippen LogP contribution >= 0.6 is 56.7 Å². The van der Waals surface area contributed by atoms with Crippen molar-refractivity contribution in [3.8, 4) is 35.0 Å². The predicted molar refractivity (Wildman–Crippen MR) is 248 cm³/mol. The first-order valence-corrected chi connectivity index (χ1v) is 24.6. The Balaban J connectivity index is 0.000000275. The lowest BCUT2D eigenvalue weighted by Gasteiger charge is -2.09. The summed E-state index contributed by atoms with van der Waals surface area (Å²) < 4.78 is 26.8.